The van der Waals surface area contributed by atoms with Crippen LogP contribution in [-0.2, 0) is 11.2 Å². The average Bonchev–Trinajstić information content (AvgIpc) is 2.41. The predicted octanol–water partition coefficient (Wildman–Crippen LogP) is 1.40. The summed E-state index contributed by atoms with van der Waals surface area (Å²) in [6.45, 7) is 0. The Morgan fingerprint density at radius 1 is 1.44 bits per heavy atom. The molecule has 0 bridgehead atoms. The highest BCUT2D eigenvalue weighted by molar-refractivity contribution is 5.67. The molecule has 1 aliphatic carbocycles. The standard InChI is InChI=1S/C13H17NO4/c1-17-9-5-3-8-4-6-11(14-13(16)18-2)12(15)10(8)7-9/h3,5,7,11-12,15H,4,6H2,1-2H3,(H,14,16)/t11?,12-/m0/s1. The van der Waals surface area contributed by atoms with Crippen molar-refractivity contribution in [1.82, 2.24) is 5.32 Å². The Morgan fingerprint density at radius 3 is 2.89 bits per heavy atom. The summed E-state index contributed by atoms with van der Waals surface area (Å²) >= 11 is 0. The molecule has 5 nitrogen and oxygen atoms in total. The van der Waals surface area contributed by atoms with E-state index < -0.39 is 12.2 Å². The Bertz CT molecular complexity index is 447. The Kier molecular flexibility index (Phi) is 3.72. The van der Waals surface area contributed by atoms with E-state index in [9.17, 15) is 9.90 Å². The number of hydrogen-bond donors (Lipinski definition) is 2. The number of benzene rings is 1. The van der Waals surface area contributed by atoms with Gasteiger partial charge in [-0.25, -0.2) is 4.79 Å². The van der Waals surface area contributed by atoms with Gasteiger partial charge in [0.25, 0.3) is 0 Å². The van der Waals surface area contributed by atoms with Gasteiger partial charge in [-0.15, -0.1) is 0 Å². The van der Waals surface area contributed by atoms with Gasteiger partial charge in [-0.1, -0.05) is 6.07 Å². The molecule has 2 N–H and O–H groups in total. The molecular weight excluding hydrogens is 234 g/mol. The van der Waals surface area contributed by atoms with Crippen LogP contribution in [-0.4, -0.2) is 31.5 Å². The minimum absolute atomic E-state index is 0.322. The highest BCUT2D eigenvalue weighted by Crippen LogP contribution is 2.32. The van der Waals surface area contributed by atoms with E-state index in [2.05, 4.69) is 10.1 Å². The van der Waals surface area contributed by atoms with E-state index >= 15 is 0 Å². The fourth-order valence-electron chi connectivity index (χ4n) is 2.25. The Labute approximate surface area is 106 Å². The predicted molar refractivity (Wildman–Crippen MR) is 65.6 cm³/mol. The molecule has 0 heterocycles. The first-order valence-corrected chi connectivity index (χ1v) is 5.85. The van der Waals surface area contributed by atoms with Crippen LogP contribution in [0.4, 0.5) is 4.79 Å². The molecule has 0 radical (unpaired) electrons. The molecule has 0 aliphatic heterocycles. The van der Waals surface area contributed by atoms with Gasteiger partial charge in [0.05, 0.1) is 26.4 Å². The zero-order chi connectivity index (χ0) is 13.1. The van der Waals surface area contributed by atoms with E-state index in [4.69, 9.17) is 4.74 Å². The van der Waals surface area contributed by atoms with Crippen LogP contribution < -0.4 is 10.1 Å². The molecule has 1 aliphatic rings. The number of methoxy groups -OCH3 is 2. The summed E-state index contributed by atoms with van der Waals surface area (Å²) in [5.74, 6) is 0.700. The van der Waals surface area contributed by atoms with Crippen molar-refractivity contribution in [2.24, 2.45) is 0 Å². The third-order valence-electron chi connectivity index (χ3n) is 3.27. The molecule has 2 rings (SSSR count). The maximum Gasteiger partial charge on any atom is 0.407 e. The number of hydrogen-bond acceptors (Lipinski definition) is 4. The number of amides is 1. The second-order valence-corrected chi connectivity index (χ2v) is 4.29. The normalized spacial score (nSPS) is 21.9. The highest BCUT2D eigenvalue weighted by atomic mass is 16.5. The van der Waals surface area contributed by atoms with Gasteiger partial charge in [0, 0.05) is 0 Å². The largest absolute Gasteiger partial charge is 0.497 e. The molecule has 2 atom stereocenters. The van der Waals surface area contributed by atoms with E-state index in [1.807, 2.05) is 18.2 Å². The molecule has 0 aromatic heterocycles. The zero-order valence-corrected chi connectivity index (χ0v) is 10.5. The SMILES string of the molecule is COC(=O)NC1CCc2ccc(OC)cc2[C@@H]1O. The smallest absolute Gasteiger partial charge is 0.407 e. The minimum Gasteiger partial charge on any atom is -0.497 e. The summed E-state index contributed by atoms with van der Waals surface area (Å²) in [6, 6.07) is 5.31. The Balaban J connectivity index is 2.20. The van der Waals surface area contributed by atoms with Crippen molar-refractivity contribution >= 4 is 6.09 Å². The summed E-state index contributed by atoms with van der Waals surface area (Å²) < 4.78 is 9.69. The second-order valence-electron chi connectivity index (χ2n) is 4.29. The monoisotopic (exact) mass is 251 g/mol. The first-order valence-electron chi connectivity index (χ1n) is 5.85. The molecule has 18 heavy (non-hydrogen) atoms. The number of aliphatic hydroxyl groups is 1. The molecular formula is C13H17NO4. The van der Waals surface area contributed by atoms with Crippen molar-refractivity contribution in [1.29, 1.82) is 0 Å². The number of carbonyl (C=O) groups excluding carboxylic acids is 1. The number of rotatable bonds is 2. The van der Waals surface area contributed by atoms with Crippen LogP contribution in [0.3, 0.4) is 0 Å². The second kappa shape index (κ2) is 5.27. The Hall–Kier alpha value is -1.75. The number of ether oxygens (including phenoxy) is 2. The van der Waals surface area contributed by atoms with Gasteiger partial charge in [0.1, 0.15) is 5.75 Å². The van der Waals surface area contributed by atoms with Gasteiger partial charge >= 0.3 is 6.09 Å². The van der Waals surface area contributed by atoms with Gasteiger partial charge in [-0.3, -0.25) is 0 Å². The first-order chi connectivity index (χ1) is 8.65. The van der Waals surface area contributed by atoms with Gasteiger partial charge in [-0.05, 0) is 36.1 Å². The van der Waals surface area contributed by atoms with Crippen molar-refractivity contribution in [2.45, 2.75) is 25.0 Å². The van der Waals surface area contributed by atoms with Gasteiger partial charge < -0.3 is 19.9 Å². The van der Waals surface area contributed by atoms with Crippen LogP contribution in [0.2, 0.25) is 0 Å². The summed E-state index contributed by atoms with van der Waals surface area (Å²) in [7, 11) is 2.89. The molecule has 0 fully saturated rings. The molecule has 1 amide bonds. The quantitative estimate of drug-likeness (QED) is 0.833. The van der Waals surface area contributed by atoms with Crippen LogP contribution in [0.1, 0.15) is 23.7 Å². The number of alkyl carbamates (subject to hydrolysis) is 1. The fourth-order valence-corrected chi connectivity index (χ4v) is 2.25. The van der Waals surface area contributed by atoms with Crippen LogP contribution in [0, 0.1) is 0 Å². The Morgan fingerprint density at radius 2 is 2.22 bits per heavy atom. The molecule has 5 heteroatoms. The van der Waals surface area contributed by atoms with Crippen LogP contribution in [0.15, 0.2) is 18.2 Å². The van der Waals surface area contributed by atoms with Crippen LogP contribution >= 0.6 is 0 Å². The number of aliphatic hydroxyl groups excluding tert-OH is 1. The molecule has 1 aromatic carbocycles. The van der Waals surface area contributed by atoms with E-state index in [1.54, 1.807) is 7.11 Å². The summed E-state index contributed by atoms with van der Waals surface area (Å²) in [4.78, 5) is 11.2. The van der Waals surface area contributed by atoms with Crippen molar-refractivity contribution in [3.8, 4) is 5.75 Å². The number of carbonyl (C=O) groups is 1. The lowest BCUT2D eigenvalue weighted by Crippen LogP contribution is -2.41. The van der Waals surface area contributed by atoms with E-state index in [1.165, 1.54) is 7.11 Å². The maximum atomic E-state index is 11.2. The van der Waals surface area contributed by atoms with Crippen molar-refractivity contribution in [2.75, 3.05) is 14.2 Å². The van der Waals surface area contributed by atoms with E-state index in [0.29, 0.717) is 12.2 Å². The molecule has 0 spiro atoms. The zero-order valence-electron chi connectivity index (χ0n) is 10.5. The molecule has 1 aromatic rings. The van der Waals surface area contributed by atoms with Gasteiger partial charge in [-0.2, -0.15) is 0 Å². The van der Waals surface area contributed by atoms with E-state index in [-0.39, 0.29) is 6.04 Å². The topological polar surface area (TPSA) is 67.8 Å². The minimum atomic E-state index is -0.733. The van der Waals surface area contributed by atoms with Crippen molar-refractivity contribution < 1.29 is 19.4 Å². The molecule has 0 saturated carbocycles. The lowest BCUT2D eigenvalue weighted by Gasteiger charge is -2.30. The lowest BCUT2D eigenvalue weighted by atomic mass is 9.86. The molecule has 98 valence electrons. The highest BCUT2D eigenvalue weighted by Gasteiger charge is 2.29. The number of nitrogens with one attached hydrogen (secondary N) is 1. The van der Waals surface area contributed by atoms with Crippen LogP contribution in [0.25, 0.3) is 0 Å². The van der Waals surface area contributed by atoms with Gasteiger partial charge in [0.15, 0.2) is 0 Å². The van der Waals surface area contributed by atoms with E-state index in [0.717, 1.165) is 17.5 Å². The molecule has 0 saturated heterocycles. The number of fused-ring (bicyclic) bond motifs is 1. The summed E-state index contributed by atoms with van der Waals surface area (Å²) in [6.07, 6.45) is 0.244. The third-order valence-corrected chi connectivity index (χ3v) is 3.27. The molecule has 1 unspecified atom stereocenters. The lowest BCUT2D eigenvalue weighted by molar-refractivity contribution is 0.104. The number of aryl methyl sites for hydroxylation is 1. The van der Waals surface area contributed by atoms with Crippen molar-refractivity contribution in [3.05, 3.63) is 29.3 Å². The maximum absolute atomic E-state index is 11.2. The first kappa shape index (κ1) is 12.7. The third kappa shape index (κ3) is 2.41. The van der Waals surface area contributed by atoms with Crippen molar-refractivity contribution in [3.63, 3.8) is 0 Å². The van der Waals surface area contributed by atoms with Crippen LogP contribution in [0.5, 0.6) is 5.75 Å². The average molecular weight is 251 g/mol. The van der Waals surface area contributed by atoms with Gasteiger partial charge in [0.2, 0.25) is 0 Å². The fraction of sp³-hybridized carbons (Fsp3) is 0.462. The summed E-state index contributed by atoms with van der Waals surface area (Å²) in [5.41, 5.74) is 1.90. The summed E-state index contributed by atoms with van der Waals surface area (Å²) in [5, 5.41) is 12.9.